The number of unbranched alkanes of at least 4 members (excludes halogenated alkanes) is 12. The van der Waals surface area contributed by atoms with Crippen LogP contribution in [0.3, 0.4) is 0 Å². The summed E-state index contributed by atoms with van der Waals surface area (Å²) in [5.74, 6) is 0. The van der Waals surface area contributed by atoms with E-state index < -0.39 is 0 Å². The molecule has 0 heteroatoms. The minimum atomic E-state index is 0. The van der Waals surface area contributed by atoms with Gasteiger partial charge in [0.15, 0.2) is 0 Å². The summed E-state index contributed by atoms with van der Waals surface area (Å²) in [5, 5.41) is 0. The standard InChI is InChI=1S/C16H32.13CH4/c1-3-5-7-9-11-13-15-16-14-12-10-8-6-4-2;;;;;;;;;;;;;/h3H,1,4-16H2,2H3;13*1H4. The molecule has 0 saturated carbocycles. The van der Waals surface area contributed by atoms with E-state index in [2.05, 4.69) is 13.5 Å². The highest BCUT2D eigenvalue weighted by molar-refractivity contribution is 4.65. The molecule has 0 fully saturated rings. The van der Waals surface area contributed by atoms with E-state index >= 15 is 0 Å². The molecule has 0 aliphatic rings. The molecule has 0 N–H and O–H groups in total. The Morgan fingerprint density at radius 2 is 0.586 bits per heavy atom. The quantitative estimate of drug-likeness (QED) is 0.200. The van der Waals surface area contributed by atoms with Crippen LogP contribution < -0.4 is 0 Å². The summed E-state index contributed by atoms with van der Waals surface area (Å²) in [6.45, 7) is 6.03. The Bertz CT molecular complexity index is 126. The SMILES string of the molecule is C.C.C.C.C.C.C.C.C.C.C.C.C.C=CCCCCCCCCCCCCCC. The van der Waals surface area contributed by atoms with Gasteiger partial charge in [-0.3, -0.25) is 0 Å². The maximum absolute atomic E-state index is 3.75. The molecule has 0 atom stereocenters. The minimum Gasteiger partial charge on any atom is -0.103 e. The molecule has 29 heavy (non-hydrogen) atoms. The maximum atomic E-state index is 3.75. The van der Waals surface area contributed by atoms with Crippen LogP contribution in [0.1, 0.15) is 187 Å². The monoisotopic (exact) mass is 433 g/mol. The molecule has 0 aliphatic carbocycles. The first-order valence-electron chi connectivity index (χ1n) is 7.52. The second kappa shape index (κ2) is 105. The van der Waals surface area contributed by atoms with Gasteiger partial charge >= 0.3 is 0 Å². The molecule has 200 valence electrons. The van der Waals surface area contributed by atoms with Crippen molar-refractivity contribution < 1.29 is 0 Å². The van der Waals surface area contributed by atoms with E-state index in [4.69, 9.17) is 0 Å². The Balaban J connectivity index is -0.0000000144. The van der Waals surface area contributed by atoms with Gasteiger partial charge in [0, 0.05) is 0 Å². The van der Waals surface area contributed by atoms with E-state index in [0.717, 1.165) is 0 Å². The minimum absolute atomic E-state index is 0. The summed E-state index contributed by atoms with van der Waals surface area (Å²) in [6.07, 6.45) is 20.5. The Labute approximate surface area is 199 Å². The second-order valence-corrected chi connectivity index (χ2v) is 4.97. The van der Waals surface area contributed by atoms with E-state index in [0.29, 0.717) is 0 Å². The molecule has 0 spiro atoms. The summed E-state index contributed by atoms with van der Waals surface area (Å²) >= 11 is 0. The molecule has 0 aromatic carbocycles. The Hall–Kier alpha value is -0.260. The molecular weight excluding hydrogens is 348 g/mol. The van der Waals surface area contributed by atoms with Crippen molar-refractivity contribution in [2.75, 3.05) is 0 Å². The molecule has 0 aliphatic heterocycles. The Kier molecular flexibility index (Phi) is 369. The predicted molar refractivity (Wildman–Crippen MR) is 163 cm³/mol. The van der Waals surface area contributed by atoms with E-state index in [9.17, 15) is 0 Å². The Morgan fingerprint density at radius 3 is 0.793 bits per heavy atom. The van der Waals surface area contributed by atoms with E-state index in [-0.39, 0.29) is 96.5 Å². The van der Waals surface area contributed by atoms with Gasteiger partial charge in [0.25, 0.3) is 0 Å². The fourth-order valence-corrected chi connectivity index (χ4v) is 2.13. The smallest absolute Gasteiger partial charge is 0.0353 e. The second-order valence-electron chi connectivity index (χ2n) is 4.97. The van der Waals surface area contributed by atoms with Crippen molar-refractivity contribution in [2.45, 2.75) is 187 Å². The molecule has 0 unspecified atom stereocenters. The third-order valence-corrected chi connectivity index (χ3v) is 3.26. The zero-order valence-corrected chi connectivity index (χ0v) is 11.5. The highest BCUT2D eigenvalue weighted by atomic mass is 14.0. The average Bonchev–Trinajstić information content (AvgIpc) is 2.31. The van der Waals surface area contributed by atoms with Crippen LogP contribution in [0.5, 0.6) is 0 Å². The molecule has 0 rings (SSSR count). The molecule has 0 bridgehead atoms. The van der Waals surface area contributed by atoms with Crippen molar-refractivity contribution in [3.05, 3.63) is 12.7 Å². The van der Waals surface area contributed by atoms with Gasteiger partial charge in [-0.05, 0) is 12.8 Å². The van der Waals surface area contributed by atoms with Crippen LogP contribution in [0.4, 0.5) is 0 Å². The molecule has 0 heterocycles. The van der Waals surface area contributed by atoms with Crippen LogP contribution >= 0.6 is 0 Å². The van der Waals surface area contributed by atoms with Gasteiger partial charge in [-0.1, -0.05) is 180 Å². The first-order valence-corrected chi connectivity index (χ1v) is 7.52. The van der Waals surface area contributed by atoms with E-state index in [1.54, 1.807) is 0 Å². The van der Waals surface area contributed by atoms with Gasteiger partial charge in [-0.2, -0.15) is 0 Å². The lowest BCUT2D eigenvalue weighted by Crippen LogP contribution is -1.82. The number of hydrogen-bond acceptors (Lipinski definition) is 0. The normalized spacial score (nSPS) is 5.83. The van der Waals surface area contributed by atoms with Crippen molar-refractivity contribution >= 4 is 0 Å². The van der Waals surface area contributed by atoms with Gasteiger partial charge in [0.05, 0.1) is 0 Å². The van der Waals surface area contributed by atoms with Gasteiger partial charge < -0.3 is 0 Å². The van der Waals surface area contributed by atoms with Crippen molar-refractivity contribution in [1.82, 2.24) is 0 Å². The van der Waals surface area contributed by atoms with Crippen LogP contribution in [0, 0.1) is 0 Å². The summed E-state index contributed by atoms with van der Waals surface area (Å²) in [5.41, 5.74) is 0. The van der Waals surface area contributed by atoms with Gasteiger partial charge in [-0.15, -0.1) is 6.58 Å². The van der Waals surface area contributed by atoms with Crippen LogP contribution in [0.25, 0.3) is 0 Å². The fraction of sp³-hybridized carbons (Fsp3) is 0.931. The van der Waals surface area contributed by atoms with Crippen LogP contribution in [0.15, 0.2) is 12.7 Å². The average molecular weight is 433 g/mol. The number of allylic oxidation sites excluding steroid dienone is 1. The highest BCUT2D eigenvalue weighted by Gasteiger charge is 1.92. The molecule has 0 aromatic heterocycles. The Morgan fingerprint density at radius 1 is 0.379 bits per heavy atom. The molecule has 0 radical (unpaired) electrons. The maximum Gasteiger partial charge on any atom is -0.0353 e. The van der Waals surface area contributed by atoms with Crippen molar-refractivity contribution in [3.8, 4) is 0 Å². The van der Waals surface area contributed by atoms with E-state index in [1.807, 2.05) is 6.08 Å². The van der Waals surface area contributed by atoms with Gasteiger partial charge in [-0.25, -0.2) is 0 Å². The zero-order valence-electron chi connectivity index (χ0n) is 11.5. The van der Waals surface area contributed by atoms with E-state index in [1.165, 1.54) is 83.5 Å². The molecule has 0 nitrogen and oxygen atoms in total. The number of rotatable bonds is 13. The van der Waals surface area contributed by atoms with Gasteiger partial charge in [0.2, 0.25) is 0 Å². The van der Waals surface area contributed by atoms with Gasteiger partial charge in [0.1, 0.15) is 0 Å². The van der Waals surface area contributed by atoms with Crippen LogP contribution in [-0.2, 0) is 0 Å². The first-order chi connectivity index (χ1) is 7.91. The van der Waals surface area contributed by atoms with Crippen LogP contribution in [-0.4, -0.2) is 0 Å². The zero-order chi connectivity index (χ0) is 11.9. The fourth-order valence-electron chi connectivity index (χ4n) is 2.13. The lowest BCUT2D eigenvalue weighted by molar-refractivity contribution is 0.545. The van der Waals surface area contributed by atoms with Crippen molar-refractivity contribution in [3.63, 3.8) is 0 Å². The highest BCUT2D eigenvalue weighted by Crippen LogP contribution is 2.12. The topological polar surface area (TPSA) is 0 Å². The largest absolute Gasteiger partial charge is 0.103 e. The van der Waals surface area contributed by atoms with Crippen LogP contribution in [0.2, 0.25) is 0 Å². The van der Waals surface area contributed by atoms with Crippen molar-refractivity contribution in [1.29, 1.82) is 0 Å². The lowest BCUT2D eigenvalue weighted by Gasteiger charge is -2.02. The molecular formula is C29H84. The number of hydrogen-bond donors (Lipinski definition) is 0. The first kappa shape index (κ1) is 102. The summed E-state index contributed by atoms with van der Waals surface area (Å²) in [4.78, 5) is 0. The molecule has 0 saturated heterocycles. The van der Waals surface area contributed by atoms with Crippen molar-refractivity contribution in [2.24, 2.45) is 0 Å². The summed E-state index contributed by atoms with van der Waals surface area (Å²) in [7, 11) is 0. The lowest BCUT2D eigenvalue weighted by atomic mass is 10.0. The molecule has 0 amide bonds. The third-order valence-electron chi connectivity index (χ3n) is 3.26. The molecule has 0 aromatic rings. The summed E-state index contributed by atoms with van der Waals surface area (Å²) in [6, 6.07) is 0. The summed E-state index contributed by atoms with van der Waals surface area (Å²) < 4.78 is 0. The third kappa shape index (κ3) is 113. The predicted octanol–water partition coefficient (Wildman–Crippen LogP) is 14.5.